The van der Waals surface area contributed by atoms with Gasteiger partial charge < -0.3 is 4.74 Å². The summed E-state index contributed by atoms with van der Waals surface area (Å²) >= 11 is 6.35. The number of nitrogens with zero attached hydrogens (tertiary/aromatic N) is 4. The maximum absolute atomic E-state index is 13.2. The van der Waals surface area contributed by atoms with E-state index >= 15 is 0 Å². The summed E-state index contributed by atoms with van der Waals surface area (Å²) in [6.07, 6.45) is 1.79. The van der Waals surface area contributed by atoms with E-state index in [2.05, 4.69) is 14.9 Å². The van der Waals surface area contributed by atoms with Crippen LogP contribution in [0, 0.1) is 6.92 Å². The fraction of sp³-hybridized carbons (Fsp3) is 0.192. The lowest BCUT2D eigenvalue weighted by molar-refractivity contribution is 0.385. The van der Waals surface area contributed by atoms with Gasteiger partial charge in [0.15, 0.2) is 5.82 Å². The highest BCUT2D eigenvalue weighted by atomic mass is 35.5. The van der Waals surface area contributed by atoms with Gasteiger partial charge in [0.1, 0.15) is 5.75 Å². The number of ether oxygens (including phenoxy) is 1. The molecule has 37 heavy (non-hydrogen) atoms. The zero-order chi connectivity index (χ0) is 26.2. The molecule has 3 heterocycles. The summed E-state index contributed by atoms with van der Waals surface area (Å²) in [6.45, 7) is 2.22. The minimum absolute atomic E-state index is 0.0980. The maximum atomic E-state index is 13.2. The number of hydrogen-bond acceptors (Lipinski definition) is 6. The average molecular weight is 538 g/mol. The lowest BCUT2D eigenvalue weighted by Crippen LogP contribution is -2.41. The van der Waals surface area contributed by atoms with E-state index in [1.54, 1.807) is 23.8 Å². The summed E-state index contributed by atoms with van der Waals surface area (Å²) in [5, 5.41) is 8.16. The van der Waals surface area contributed by atoms with Crippen LogP contribution >= 0.6 is 11.6 Å². The van der Waals surface area contributed by atoms with Crippen molar-refractivity contribution >= 4 is 27.6 Å². The number of hydrogen-bond donors (Lipinski definition) is 1. The third-order valence-corrected chi connectivity index (χ3v) is 8.17. The van der Waals surface area contributed by atoms with Gasteiger partial charge in [-0.2, -0.15) is 17.8 Å². The van der Waals surface area contributed by atoms with Crippen LogP contribution in [0.1, 0.15) is 16.8 Å². The number of halogens is 1. The highest BCUT2D eigenvalue weighted by Gasteiger charge is 2.29. The predicted molar refractivity (Wildman–Crippen MR) is 142 cm³/mol. The number of anilines is 1. The summed E-state index contributed by atoms with van der Waals surface area (Å²) in [6, 6.07) is 17.7. The van der Waals surface area contributed by atoms with Gasteiger partial charge in [-0.1, -0.05) is 35.9 Å². The molecule has 0 radical (unpaired) electrons. The molecule has 0 fully saturated rings. The van der Waals surface area contributed by atoms with Crippen LogP contribution in [-0.2, 0) is 23.2 Å². The van der Waals surface area contributed by atoms with Gasteiger partial charge in [-0.25, -0.2) is 0 Å². The first kappa shape index (κ1) is 24.9. The molecule has 0 spiro atoms. The Bertz CT molecular complexity index is 1640. The number of fused-ring (bicyclic) bond motifs is 1. The van der Waals surface area contributed by atoms with E-state index in [9.17, 15) is 13.2 Å². The Kier molecular flexibility index (Phi) is 6.72. The Morgan fingerprint density at radius 1 is 1.05 bits per heavy atom. The zero-order valence-corrected chi connectivity index (χ0v) is 21.8. The fourth-order valence-electron chi connectivity index (χ4n) is 4.37. The molecule has 4 aromatic rings. The van der Waals surface area contributed by atoms with E-state index in [1.807, 2.05) is 43.3 Å². The predicted octanol–water partition coefficient (Wildman–Crippen LogP) is 3.98. The molecule has 1 N–H and O–H groups in total. The Hall–Kier alpha value is -3.73. The first-order valence-corrected chi connectivity index (χ1v) is 13.3. The molecule has 0 bridgehead atoms. The van der Waals surface area contributed by atoms with E-state index in [0.717, 1.165) is 27.9 Å². The number of pyridine rings is 1. The second-order valence-corrected chi connectivity index (χ2v) is 10.7. The summed E-state index contributed by atoms with van der Waals surface area (Å²) in [5.74, 6) is 0.660. The molecule has 5 rings (SSSR count). The minimum atomic E-state index is -3.87. The third kappa shape index (κ3) is 4.95. The maximum Gasteiger partial charge on any atom is 0.303 e. The van der Waals surface area contributed by atoms with Crippen molar-refractivity contribution in [3.05, 3.63) is 99.1 Å². The molecule has 9 nitrogen and oxygen atoms in total. The molecule has 0 amide bonds. The van der Waals surface area contributed by atoms with Gasteiger partial charge in [0.05, 0.1) is 12.8 Å². The summed E-state index contributed by atoms with van der Waals surface area (Å²) in [4.78, 5) is 13.2. The Morgan fingerprint density at radius 3 is 2.57 bits per heavy atom. The van der Waals surface area contributed by atoms with Crippen molar-refractivity contribution in [3.63, 3.8) is 0 Å². The molecule has 0 saturated carbocycles. The lowest BCUT2D eigenvalue weighted by Gasteiger charge is -2.30. The molecule has 2 aromatic heterocycles. The van der Waals surface area contributed by atoms with Crippen LogP contribution in [0.3, 0.4) is 0 Å². The smallest absolute Gasteiger partial charge is 0.303 e. The molecule has 1 aliphatic heterocycles. The molecule has 0 unspecified atom stereocenters. The quantitative estimate of drug-likeness (QED) is 0.399. The lowest BCUT2D eigenvalue weighted by atomic mass is 10.0. The topological polar surface area (TPSA) is 106 Å². The van der Waals surface area contributed by atoms with Crippen LogP contribution in [0.5, 0.6) is 5.75 Å². The summed E-state index contributed by atoms with van der Waals surface area (Å²) < 4.78 is 37.0. The molecule has 0 saturated heterocycles. The number of nitrogens with one attached hydrogen (secondary N) is 1. The van der Waals surface area contributed by atoms with Gasteiger partial charge in [0, 0.05) is 42.5 Å². The molecule has 0 aliphatic carbocycles. The fourth-order valence-corrected chi connectivity index (χ4v) is 5.70. The monoisotopic (exact) mass is 537 g/mol. The Labute approximate surface area is 219 Å². The van der Waals surface area contributed by atoms with Crippen LogP contribution in [-0.4, -0.2) is 41.1 Å². The molecular weight excluding hydrogens is 514 g/mol. The van der Waals surface area contributed by atoms with E-state index in [0.29, 0.717) is 22.9 Å². The standard InChI is InChI=1S/C26H24ClN5O4S/c1-17-5-6-18(14-21(17)27)19-7-9-24(36-2)23(15-19)32-22-11-13-31(16-20(22)8-10-26(32)33)37(34,35)30-25-4-3-12-28-29-25/h3-10,12,14-15H,11,13,16H2,1-2H3,(H,29,30). The van der Waals surface area contributed by atoms with Crippen molar-refractivity contribution < 1.29 is 13.2 Å². The van der Waals surface area contributed by atoms with E-state index in [-0.39, 0.29) is 24.5 Å². The highest BCUT2D eigenvalue weighted by Crippen LogP contribution is 2.33. The van der Waals surface area contributed by atoms with E-state index in [1.165, 1.54) is 22.6 Å². The Balaban J connectivity index is 1.54. The summed E-state index contributed by atoms with van der Waals surface area (Å²) in [7, 11) is -2.32. The van der Waals surface area contributed by atoms with Gasteiger partial charge in [-0.3, -0.25) is 14.1 Å². The second kappa shape index (κ2) is 9.97. The van der Waals surface area contributed by atoms with Crippen molar-refractivity contribution in [3.8, 4) is 22.6 Å². The van der Waals surface area contributed by atoms with Gasteiger partial charge in [-0.15, -0.1) is 5.10 Å². The van der Waals surface area contributed by atoms with Crippen LogP contribution in [0.25, 0.3) is 16.8 Å². The van der Waals surface area contributed by atoms with Crippen molar-refractivity contribution in [1.82, 2.24) is 19.1 Å². The van der Waals surface area contributed by atoms with Crippen molar-refractivity contribution in [2.24, 2.45) is 0 Å². The van der Waals surface area contributed by atoms with Crippen molar-refractivity contribution in [2.75, 3.05) is 18.4 Å². The van der Waals surface area contributed by atoms with Crippen molar-refractivity contribution in [1.29, 1.82) is 0 Å². The first-order valence-electron chi connectivity index (χ1n) is 11.5. The van der Waals surface area contributed by atoms with Gasteiger partial charge in [0.2, 0.25) is 0 Å². The third-order valence-electron chi connectivity index (χ3n) is 6.30. The van der Waals surface area contributed by atoms with E-state index in [4.69, 9.17) is 16.3 Å². The normalized spacial score (nSPS) is 13.7. The van der Waals surface area contributed by atoms with Crippen LogP contribution in [0.4, 0.5) is 5.82 Å². The largest absolute Gasteiger partial charge is 0.495 e. The highest BCUT2D eigenvalue weighted by molar-refractivity contribution is 7.90. The molecule has 11 heteroatoms. The number of aryl methyl sites for hydroxylation is 1. The van der Waals surface area contributed by atoms with Crippen LogP contribution in [0.15, 0.2) is 71.7 Å². The minimum Gasteiger partial charge on any atom is -0.495 e. The number of benzene rings is 2. The second-order valence-electron chi connectivity index (χ2n) is 8.63. The van der Waals surface area contributed by atoms with Gasteiger partial charge in [0.25, 0.3) is 5.56 Å². The Morgan fingerprint density at radius 2 is 1.84 bits per heavy atom. The van der Waals surface area contributed by atoms with Crippen LogP contribution in [0.2, 0.25) is 5.02 Å². The number of aromatic nitrogens is 3. The number of rotatable bonds is 6. The van der Waals surface area contributed by atoms with Crippen LogP contribution < -0.4 is 15.0 Å². The summed E-state index contributed by atoms with van der Waals surface area (Å²) in [5.41, 5.74) is 4.55. The first-order chi connectivity index (χ1) is 17.8. The molecule has 1 aliphatic rings. The zero-order valence-electron chi connectivity index (χ0n) is 20.2. The molecule has 0 atom stereocenters. The SMILES string of the molecule is COc1ccc(-c2ccc(C)c(Cl)c2)cc1-n1c2c(ccc1=O)CN(S(=O)(=O)Nc1cccnn1)CC2. The van der Waals surface area contributed by atoms with Gasteiger partial charge in [-0.05, 0) is 59.5 Å². The average Bonchev–Trinajstić information content (AvgIpc) is 2.90. The molecule has 190 valence electrons. The van der Waals surface area contributed by atoms with Gasteiger partial charge >= 0.3 is 10.2 Å². The van der Waals surface area contributed by atoms with Crippen molar-refractivity contribution in [2.45, 2.75) is 19.9 Å². The van der Waals surface area contributed by atoms with E-state index < -0.39 is 10.2 Å². The molecular formula is C26H24ClN5O4S. The number of methoxy groups -OCH3 is 1. The molecule has 2 aromatic carbocycles.